The van der Waals surface area contributed by atoms with Gasteiger partial charge in [0.25, 0.3) is 5.91 Å². The van der Waals surface area contributed by atoms with Gasteiger partial charge in [0.1, 0.15) is 5.75 Å². The maximum atomic E-state index is 12.9. The van der Waals surface area contributed by atoms with Crippen LogP contribution in [0.25, 0.3) is 0 Å². The number of benzene rings is 2. The fourth-order valence-electron chi connectivity index (χ4n) is 4.28. The lowest BCUT2D eigenvalue weighted by molar-refractivity contribution is 0.0932. The smallest absolute Gasteiger partial charge is 0.251 e. The molecule has 4 heteroatoms. The molecule has 1 fully saturated rings. The van der Waals surface area contributed by atoms with E-state index in [0.717, 1.165) is 30.2 Å². The number of ether oxygens (including phenoxy) is 1. The van der Waals surface area contributed by atoms with E-state index in [1.807, 2.05) is 36.4 Å². The van der Waals surface area contributed by atoms with Crippen molar-refractivity contribution in [2.75, 3.05) is 20.2 Å². The van der Waals surface area contributed by atoms with Gasteiger partial charge in [0.15, 0.2) is 0 Å². The van der Waals surface area contributed by atoms with Crippen LogP contribution in [-0.2, 0) is 6.54 Å². The van der Waals surface area contributed by atoms with Gasteiger partial charge in [-0.05, 0) is 73.0 Å². The summed E-state index contributed by atoms with van der Waals surface area (Å²) in [6.45, 7) is 9.99. The average Bonchev–Trinajstić information content (AvgIpc) is 2.73. The van der Waals surface area contributed by atoms with E-state index in [0.29, 0.717) is 11.5 Å². The monoisotopic (exact) mass is 408 g/mol. The van der Waals surface area contributed by atoms with Gasteiger partial charge in [-0.1, -0.05) is 45.0 Å². The molecule has 0 aromatic heterocycles. The van der Waals surface area contributed by atoms with E-state index in [4.69, 9.17) is 4.74 Å². The molecule has 1 amide bonds. The van der Waals surface area contributed by atoms with Crippen molar-refractivity contribution in [3.05, 3.63) is 65.2 Å². The molecule has 1 aliphatic rings. The van der Waals surface area contributed by atoms with Crippen molar-refractivity contribution in [2.24, 2.45) is 11.8 Å². The Kier molecular flexibility index (Phi) is 7.92. The van der Waals surface area contributed by atoms with Crippen molar-refractivity contribution in [3.8, 4) is 5.75 Å². The van der Waals surface area contributed by atoms with E-state index in [1.165, 1.54) is 31.5 Å². The zero-order valence-electron chi connectivity index (χ0n) is 18.9. The summed E-state index contributed by atoms with van der Waals surface area (Å²) in [7, 11) is 1.66. The maximum absolute atomic E-state index is 12.9. The van der Waals surface area contributed by atoms with E-state index in [-0.39, 0.29) is 11.9 Å². The zero-order valence-corrected chi connectivity index (χ0v) is 18.9. The quantitative estimate of drug-likeness (QED) is 0.632. The predicted octanol–water partition coefficient (Wildman–Crippen LogP) is 5.44. The molecule has 1 aliphatic heterocycles. The Bertz CT molecular complexity index is 799. The van der Waals surface area contributed by atoms with Crippen molar-refractivity contribution in [1.82, 2.24) is 10.2 Å². The van der Waals surface area contributed by atoms with Crippen molar-refractivity contribution < 1.29 is 9.53 Å². The van der Waals surface area contributed by atoms with Crippen LogP contribution >= 0.6 is 0 Å². The second-order valence-corrected chi connectivity index (χ2v) is 9.11. The third-order valence-corrected chi connectivity index (χ3v) is 5.89. The van der Waals surface area contributed by atoms with Crippen LogP contribution in [0.2, 0.25) is 0 Å². The van der Waals surface area contributed by atoms with Crippen molar-refractivity contribution in [2.45, 2.75) is 52.6 Å². The number of piperidine rings is 1. The van der Waals surface area contributed by atoms with Crippen LogP contribution in [0.1, 0.15) is 67.6 Å². The molecule has 0 radical (unpaired) electrons. The second-order valence-electron chi connectivity index (χ2n) is 9.11. The number of hydrogen-bond acceptors (Lipinski definition) is 3. The lowest BCUT2D eigenvalue weighted by Crippen LogP contribution is -2.33. The molecule has 2 aromatic carbocycles. The lowest BCUT2D eigenvalue weighted by atomic mass is 9.96. The van der Waals surface area contributed by atoms with Gasteiger partial charge in [-0.25, -0.2) is 0 Å². The van der Waals surface area contributed by atoms with Gasteiger partial charge in [-0.2, -0.15) is 0 Å². The zero-order chi connectivity index (χ0) is 21.5. The lowest BCUT2D eigenvalue weighted by Gasteiger charge is -2.30. The largest absolute Gasteiger partial charge is 0.497 e. The Morgan fingerprint density at radius 2 is 1.83 bits per heavy atom. The fourth-order valence-corrected chi connectivity index (χ4v) is 4.28. The Balaban J connectivity index is 1.64. The van der Waals surface area contributed by atoms with E-state index < -0.39 is 0 Å². The SMILES string of the molecule is COc1ccc([C@@H](CC(C)C)NC(=O)c2ccc(CN3CCC[C@H](C)C3)cc2)cc1. The number of hydrogen-bond donors (Lipinski definition) is 1. The number of carbonyl (C=O) groups excluding carboxylic acids is 1. The van der Waals surface area contributed by atoms with Crippen molar-refractivity contribution in [1.29, 1.82) is 0 Å². The summed E-state index contributed by atoms with van der Waals surface area (Å²) in [5.74, 6) is 2.06. The minimum atomic E-state index is -0.0189. The Labute approximate surface area is 181 Å². The molecule has 1 N–H and O–H groups in total. The van der Waals surface area contributed by atoms with Crippen LogP contribution in [0.15, 0.2) is 48.5 Å². The van der Waals surface area contributed by atoms with Gasteiger partial charge in [-0.15, -0.1) is 0 Å². The highest BCUT2D eigenvalue weighted by atomic mass is 16.5. The highest BCUT2D eigenvalue weighted by molar-refractivity contribution is 5.94. The summed E-state index contributed by atoms with van der Waals surface area (Å²) in [4.78, 5) is 15.5. The van der Waals surface area contributed by atoms with Crippen LogP contribution in [0.5, 0.6) is 5.75 Å². The molecule has 0 spiro atoms. The summed E-state index contributed by atoms with van der Waals surface area (Å²) in [5.41, 5.74) is 3.09. The topological polar surface area (TPSA) is 41.6 Å². The van der Waals surface area contributed by atoms with E-state index in [2.05, 4.69) is 43.1 Å². The third-order valence-electron chi connectivity index (χ3n) is 5.89. The molecule has 2 atom stereocenters. The number of likely N-dealkylation sites (tertiary alicyclic amines) is 1. The predicted molar refractivity (Wildman–Crippen MR) is 123 cm³/mol. The minimum Gasteiger partial charge on any atom is -0.497 e. The number of nitrogens with zero attached hydrogens (tertiary/aromatic N) is 1. The first kappa shape index (κ1) is 22.4. The average molecular weight is 409 g/mol. The summed E-state index contributed by atoms with van der Waals surface area (Å²) < 4.78 is 5.26. The Morgan fingerprint density at radius 3 is 2.43 bits per heavy atom. The number of rotatable bonds is 8. The van der Waals surface area contributed by atoms with Crippen molar-refractivity contribution >= 4 is 5.91 Å². The van der Waals surface area contributed by atoms with Gasteiger partial charge in [0.05, 0.1) is 13.2 Å². The van der Waals surface area contributed by atoms with Crippen molar-refractivity contribution in [3.63, 3.8) is 0 Å². The van der Waals surface area contributed by atoms with Gasteiger partial charge in [0, 0.05) is 18.7 Å². The molecule has 162 valence electrons. The summed E-state index contributed by atoms with van der Waals surface area (Å²) in [6, 6.07) is 16.1. The van der Waals surface area contributed by atoms with E-state index >= 15 is 0 Å². The van der Waals surface area contributed by atoms with Crippen LogP contribution in [0.4, 0.5) is 0 Å². The molecule has 0 bridgehead atoms. The molecule has 0 saturated carbocycles. The van der Waals surface area contributed by atoms with Crippen LogP contribution in [0, 0.1) is 11.8 Å². The maximum Gasteiger partial charge on any atom is 0.251 e. The normalized spacial score (nSPS) is 18.2. The second kappa shape index (κ2) is 10.6. The molecular formula is C26H36N2O2. The number of methoxy groups -OCH3 is 1. The van der Waals surface area contributed by atoms with Gasteiger partial charge in [0.2, 0.25) is 0 Å². The van der Waals surface area contributed by atoms with E-state index in [9.17, 15) is 4.79 Å². The standard InChI is InChI=1S/C26H36N2O2/c1-19(2)16-25(22-11-13-24(30-4)14-12-22)27-26(29)23-9-7-21(8-10-23)18-28-15-5-6-20(3)17-28/h7-14,19-20,25H,5-6,15-18H2,1-4H3,(H,27,29)/t20-,25+/m0/s1. The third kappa shape index (κ3) is 6.33. The number of nitrogens with one attached hydrogen (secondary N) is 1. The molecule has 0 aliphatic carbocycles. The Morgan fingerprint density at radius 1 is 1.13 bits per heavy atom. The molecule has 0 unspecified atom stereocenters. The summed E-state index contributed by atoms with van der Waals surface area (Å²) in [6.07, 6.45) is 3.51. The first-order chi connectivity index (χ1) is 14.4. The first-order valence-corrected chi connectivity index (χ1v) is 11.2. The first-order valence-electron chi connectivity index (χ1n) is 11.2. The molecule has 1 saturated heterocycles. The minimum absolute atomic E-state index is 0.0158. The number of carbonyl (C=O) groups is 1. The number of amides is 1. The molecule has 3 rings (SSSR count). The van der Waals surface area contributed by atoms with Gasteiger partial charge >= 0.3 is 0 Å². The van der Waals surface area contributed by atoms with Crippen LogP contribution in [-0.4, -0.2) is 31.0 Å². The highest BCUT2D eigenvalue weighted by Crippen LogP contribution is 2.24. The molecule has 30 heavy (non-hydrogen) atoms. The highest BCUT2D eigenvalue weighted by Gasteiger charge is 2.19. The molecule has 4 nitrogen and oxygen atoms in total. The molecule has 2 aromatic rings. The van der Waals surface area contributed by atoms with E-state index in [1.54, 1.807) is 7.11 Å². The summed E-state index contributed by atoms with van der Waals surface area (Å²) in [5, 5.41) is 3.23. The van der Waals surface area contributed by atoms with Gasteiger partial charge < -0.3 is 10.1 Å². The Hall–Kier alpha value is -2.33. The van der Waals surface area contributed by atoms with Gasteiger partial charge in [-0.3, -0.25) is 9.69 Å². The summed E-state index contributed by atoms with van der Waals surface area (Å²) >= 11 is 0. The van der Waals surface area contributed by atoms with Crippen LogP contribution in [0.3, 0.4) is 0 Å². The molecule has 1 heterocycles. The fraction of sp³-hybridized carbons (Fsp3) is 0.500. The molecular weight excluding hydrogens is 372 g/mol. The van der Waals surface area contributed by atoms with Crippen LogP contribution < -0.4 is 10.1 Å².